The Balaban J connectivity index is 2.66. The Morgan fingerprint density at radius 3 is 2.09 bits per heavy atom. The lowest BCUT2D eigenvalue weighted by molar-refractivity contribution is -0.132. The molecular weight excluding hydrogens is 300 g/mol. The van der Waals surface area contributed by atoms with E-state index in [1.54, 1.807) is 11.8 Å². The minimum Gasteiger partial charge on any atom is -0.338 e. The molecule has 1 aliphatic heterocycles. The van der Waals surface area contributed by atoms with E-state index >= 15 is 0 Å². The van der Waals surface area contributed by atoms with Gasteiger partial charge in [0, 0.05) is 24.9 Å². The van der Waals surface area contributed by atoms with Crippen LogP contribution in [0.25, 0.3) is 0 Å². The fraction of sp³-hybridized carbons (Fsp3) is 0.938. The van der Waals surface area contributed by atoms with Crippen LogP contribution in [0.2, 0.25) is 0 Å². The first-order chi connectivity index (χ1) is 10.3. The molecule has 0 saturated carbocycles. The zero-order valence-corrected chi connectivity index (χ0v) is 15.4. The third-order valence-electron chi connectivity index (χ3n) is 4.55. The summed E-state index contributed by atoms with van der Waals surface area (Å²) in [5.74, 6) is -0.246. The van der Waals surface area contributed by atoms with E-state index in [1.165, 1.54) is 32.6 Å². The molecule has 6 heteroatoms. The van der Waals surface area contributed by atoms with E-state index in [1.807, 2.05) is 13.8 Å². The Morgan fingerprint density at radius 2 is 1.64 bits per heavy atom. The Morgan fingerprint density at radius 1 is 1.09 bits per heavy atom. The molecule has 5 nitrogen and oxygen atoms in total. The van der Waals surface area contributed by atoms with Crippen LogP contribution in [0.5, 0.6) is 0 Å². The van der Waals surface area contributed by atoms with Crippen LogP contribution in [0, 0.1) is 0 Å². The first-order valence-corrected chi connectivity index (χ1v) is 10.3. The van der Waals surface area contributed by atoms with Gasteiger partial charge >= 0.3 is 0 Å². The fourth-order valence-electron chi connectivity index (χ4n) is 2.87. The monoisotopic (exact) mass is 332 g/mol. The summed E-state index contributed by atoms with van der Waals surface area (Å²) < 4.78 is 23.9. The number of likely N-dealkylation sites (tertiary alicyclic amines) is 1. The zero-order valence-electron chi connectivity index (χ0n) is 14.5. The summed E-state index contributed by atoms with van der Waals surface area (Å²) >= 11 is 0. The van der Waals surface area contributed by atoms with E-state index in [0.29, 0.717) is 6.54 Å². The maximum absolute atomic E-state index is 12.6. The van der Waals surface area contributed by atoms with Crippen molar-refractivity contribution in [3.05, 3.63) is 0 Å². The molecule has 130 valence electrons. The van der Waals surface area contributed by atoms with Gasteiger partial charge in [-0.3, -0.25) is 4.79 Å². The van der Waals surface area contributed by atoms with Crippen LogP contribution < -0.4 is 0 Å². The van der Waals surface area contributed by atoms with Gasteiger partial charge in [-0.25, -0.2) is 8.42 Å². The van der Waals surface area contributed by atoms with Crippen LogP contribution in [-0.4, -0.2) is 67.3 Å². The third-order valence-corrected chi connectivity index (χ3v) is 6.63. The first kappa shape index (κ1) is 19.4. The molecule has 1 heterocycles. The quantitative estimate of drug-likeness (QED) is 0.715. The average molecular weight is 333 g/mol. The second-order valence-corrected chi connectivity index (χ2v) is 9.09. The Bertz CT molecular complexity index is 440. The predicted octanol–water partition coefficient (Wildman–Crippen LogP) is 1.92. The molecule has 1 amide bonds. The van der Waals surface area contributed by atoms with Gasteiger partial charge in [0.25, 0.3) is 0 Å². The van der Waals surface area contributed by atoms with Crippen molar-refractivity contribution in [1.82, 2.24) is 9.80 Å². The highest BCUT2D eigenvalue weighted by atomic mass is 32.2. The molecule has 0 N–H and O–H groups in total. The Kier molecular flexibility index (Phi) is 7.83. The van der Waals surface area contributed by atoms with Crippen LogP contribution >= 0.6 is 0 Å². The van der Waals surface area contributed by atoms with Gasteiger partial charge in [0.1, 0.15) is 5.25 Å². The number of sulfone groups is 1. The normalized spacial score (nSPS) is 19.0. The molecular formula is C16H32N2O3S. The molecule has 0 aliphatic carbocycles. The van der Waals surface area contributed by atoms with Crippen molar-refractivity contribution in [2.24, 2.45) is 0 Å². The molecule has 1 aliphatic rings. The van der Waals surface area contributed by atoms with Gasteiger partial charge in [0.2, 0.25) is 5.91 Å². The van der Waals surface area contributed by atoms with Crippen LogP contribution in [0.4, 0.5) is 0 Å². The van der Waals surface area contributed by atoms with Crippen molar-refractivity contribution in [2.75, 3.05) is 31.9 Å². The predicted molar refractivity (Wildman–Crippen MR) is 90.7 cm³/mol. The summed E-state index contributed by atoms with van der Waals surface area (Å²) in [7, 11) is -3.33. The van der Waals surface area contributed by atoms with Gasteiger partial charge < -0.3 is 9.80 Å². The van der Waals surface area contributed by atoms with Crippen LogP contribution in [0.15, 0.2) is 0 Å². The standard InChI is InChI=1S/C16H32N2O3S/c1-5-22(20,21)15(4)16(19)18(14(2)3)13-12-17-10-8-6-7-9-11-17/h14-15H,5-13H2,1-4H3/t15-/m0/s1. The largest absolute Gasteiger partial charge is 0.338 e. The second kappa shape index (κ2) is 8.87. The lowest BCUT2D eigenvalue weighted by Crippen LogP contribution is -2.48. The number of carbonyl (C=O) groups is 1. The minimum atomic E-state index is -3.33. The highest BCUT2D eigenvalue weighted by molar-refractivity contribution is 7.92. The van der Waals surface area contributed by atoms with Crippen molar-refractivity contribution in [2.45, 2.75) is 64.7 Å². The highest BCUT2D eigenvalue weighted by Gasteiger charge is 2.31. The van der Waals surface area contributed by atoms with E-state index < -0.39 is 15.1 Å². The van der Waals surface area contributed by atoms with E-state index in [2.05, 4.69) is 4.90 Å². The lowest BCUT2D eigenvalue weighted by Gasteiger charge is -2.31. The number of hydrogen-bond acceptors (Lipinski definition) is 4. The molecule has 0 bridgehead atoms. The highest BCUT2D eigenvalue weighted by Crippen LogP contribution is 2.12. The Labute approximate surface area is 136 Å². The second-order valence-electron chi connectivity index (χ2n) is 6.47. The molecule has 22 heavy (non-hydrogen) atoms. The molecule has 1 atom stereocenters. The van der Waals surface area contributed by atoms with Crippen molar-refractivity contribution < 1.29 is 13.2 Å². The van der Waals surface area contributed by atoms with Crippen LogP contribution in [-0.2, 0) is 14.6 Å². The summed E-state index contributed by atoms with van der Waals surface area (Å²) in [4.78, 5) is 16.7. The van der Waals surface area contributed by atoms with E-state index in [4.69, 9.17) is 0 Å². The van der Waals surface area contributed by atoms with Crippen LogP contribution in [0.3, 0.4) is 0 Å². The summed E-state index contributed by atoms with van der Waals surface area (Å²) in [5, 5.41) is -0.941. The van der Waals surface area contributed by atoms with E-state index in [9.17, 15) is 13.2 Å². The van der Waals surface area contributed by atoms with E-state index in [-0.39, 0.29) is 17.7 Å². The van der Waals surface area contributed by atoms with Gasteiger partial charge in [-0.05, 0) is 46.7 Å². The zero-order chi connectivity index (χ0) is 16.8. The molecule has 0 spiro atoms. The van der Waals surface area contributed by atoms with Crippen molar-refractivity contribution in [3.8, 4) is 0 Å². The third kappa shape index (κ3) is 5.54. The van der Waals surface area contributed by atoms with Crippen molar-refractivity contribution >= 4 is 15.7 Å². The molecule has 0 aromatic carbocycles. The van der Waals surface area contributed by atoms with Crippen molar-refractivity contribution in [1.29, 1.82) is 0 Å². The first-order valence-electron chi connectivity index (χ1n) is 8.54. The summed E-state index contributed by atoms with van der Waals surface area (Å²) in [6.45, 7) is 10.6. The summed E-state index contributed by atoms with van der Waals surface area (Å²) in [6.07, 6.45) is 5.01. The summed E-state index contributed by atoms with van der Waals surface area (Å²) in [6, 6.07) is 0.0222. The van der Waals surface area contributed by atoms with Gasteiger partial charge in [0.05, 0.1) is 0 Å². The molecule has 1 saturated heterocycles. The molecule has 1 fully saturated rings. The van der Waals surface area contributed by atoms with Gasteiger partial charge in [-0.2, -0.15) is 0 Å². The summed E-state index contributed by atoms with van der Waals surface area (Å²) in [5.41, 5.74) is 0. The van der Waals surface area contributed by atoms with Crippen molar-refractivity contribution in [3.63, 3.8) is 0 Å². The SMILES string of the molecule is CCS(=O)(=O)[C@@H](C)C(=O)N(CCN1CCCCCC1)C(C)C. The minimum absolute atomic E-state index is 0.0119. The fourth-order valence-corrected chi connectivity index (χ4v) is 3.81. The average Bonchev–Trinajstić information content (AvgIpc) is 2.74. The number of carbonyl (C=O) groups excluding carboxylic acids is 1. The maximum atomic E-state index is 12.6. The molecule has 0 unspecified atom stereocenters. The van der Waals surface area contributed by atoms with Gasteiger partial charge in [-0.1, -0.05) is 19.8 Å². The smallest absolute Gasteiger partial charge is 0.240 e. The van der Waals surface area contributed by atoms with Gasteiger partial charge in [0.15, 0.2) is 9.84 Å². The Hall–Kier alpha value is -0.620. The maximum Gasteiger partial charge on any atom is 0.240 e. The molecule has 0 radical (unpaired) electrons. The lowest BCUT2D eigenvalue weighted by atomic mass is 10.2. The molecule has 1 rings (SSSR count). The molecule has 0 aromatic rings. The number of hydrogen-bond donors (Lipinski definition) is 0. The molecule has 0 aromatic heterocycles. The number of nitrogens with zero attached hydrogens (tertiary/aromatic N) is 2. The van der Waals surface area contributed by atoms with Gasteiger partial charge in [-0.15, -0.1) is 0 Å². The number of amides is 1. The topological polar surface area (TPSA) is 57.7 Å². The van der Waals surface area contributed by atoms with Crippen LogP contribution in [0.1, 0.15) is 53.4 Å². The number of rotatable bonds is 7. The van der Waals surface area contributed by atoms with E-state index in [0.717, 1.165) is 19.6 Å².